The molecule has 0 spiro atoms. The fraction of sp³-hybridized carbons (Fsp3) is 0.100. The molecule has 3 heteroatoms. The van der Waals surface area contributed by atoms with Gasteiger partial charge in [-0.1, -0.05) is 12.2 Å². The van der Waals surface area contributed by atoms with Crippen molar-refractivity contribution in [2.75, 3.05) is 0 Å². The number of hydrogen-bond acceptors (Lipinski definition) is 3. The van der Waals surface area contributed by atoms with Gasteiger partial charge in [0.1, 0.15) is 0 Å². The van der Waals surface area contributed by atoms with Gasteiger partial charge in [0.25, 0.3) is 0 Å². The number of aliphatic hydroxyl groups excluding tert-OH is 1. The molecule has 0 aromatic carbocycles. The Hall–Kier alpha value is -1.77. The second-order valence-corrected chi connectivity index (χ2v) is 2.93. The fourth-order valence-corrected chi connectivity index (χ4v) is 1.32. The van der Waals surface area contributed by atoms with Crippen LogP contribution in [0.1, 0.15) is 6.42 Å². The molecule has 13 heavy (non-hydrogen) atoms. The third-order valence-electron chi connectivity index (χ3n) is 2.01. The van der Waals surface area contributed by atoms with E-state index in [2.05, 4.69) is 5.32 Å². The number of hydrogen-bond donors (Lipinski definition) is 2. The topological polar surface area (TPSA) is 49.3 Å². The van der Waals surface area contributed by atoms with Gasteiger partial charge in [-0.05, 0) is 11.6 Å². The summed E-state index contributed by atoms with van der Waals surface area (Å²) in [4.78, 5) is 11.1. The summed E-state index contributed by atoms with van der Waals surface area (Å²) in [7, 11) is 0. The predicted molar refractivity (Wildman–Crippen MR) is 48.8 cm³/mol. The second kappa shape index (κ2) is 2.94. The Bertz CT molecular complexity index is 372. The van der Waals surface area contributed by atoms with Crippen LogP contribution in [0.2, 0.25) is 0 Å². The third-order valence-corrected chi connectivity index (χ3v) is 2.01. The summed E-state index contributed by atoms with van der Waals surface area (Å²) in [5.74, 6) is -0.401. The summed E-state index contributed by atoms with van der Waals surface area (Å²) < 4.78 is 0. The summed E-state index contributed by atoms with van der Waals surface area (Å²) >= 11 is 0. The van der Waals surface area contributed by atoms with E-state index in [4.69, 9.17) is 0 Å². The molecule has 2 N–H and O–H groups in total. The molecule has 0 amide bonds. The molecule has 0 saturated carbocycles. The van der Waals surface area contributed by atoms with Crippen LogP contribution in [0.4, 0.5) is 0 Å². The molecule has 0 saturated heterocycles. The zero-order chi connectivity index (χ0) is 9.26. The van der Waals surface area contributed by atoms with Gasteiger partial charge in [-0.3, -0.25) is 4.79 Å². The number of allylic oxidation sites excluding steroid dienone is 6. The van der Waals surface area contributed by atoms with E-state index in [1.54, 1.807) is 6.20 Å². The molecule has 1 aliphatic carbocycles. The molecule has 2 rings (SSSR count). The highest BCUT2D eigenvalue weighted by Gasteiger charge is 2.18. The average molecular weight is 175 g/mol. The predicted octanol–water partition coefficient (Wildman–Crippen LogP) is 1.33. The van der Waals surface area contributed by atoms with Crippen molar-refractivity contribution in [1.29, 1.82) is 0 Å². The number of carbonyl (C=O) groups excluding carboxylic acids is 1. The fourth-order valence-electron chi connectivity index (χ4n) is 1.32. The lowest BCUT2D eigenvalue weighted by Gasteiger charge is -2.12. The second-order valence-electron chi connectivity index (χ2n) is 2.93. The molecule has 66 valence electrons. The van der Waals surface area contributed by atoms with E-state index in [0.29, 0.717) is 0 Å². The monoisotopic (exact) mass is 175 g/mol. The van der Waals surface area contributed by atoms with Gasteiger partial charge in [-0.2, -0.15) is 0 Å². The minimum Gasteiger partial charge on any atom is -0.504 e. The van der Waals surface area contributed by atoms with Gasteiger partial charge in [0.05, 0.1) is 0 Å². The van der Waals surface area contributed by atoms with Crippen molar-refractivity contribution in [3.05, 3.63) is 47.5 Å². The zero-order valence-corrected chi connectivity index (χ0v) is 6.95. The molecule has 0 fully saturated rings. The van der Waals surface area contributed by atoms with Crippen LogP contribution in [0.3, 0.4) is 0 Å². The largest absolute Gasteiger partial charge is 0.504 e. The van der Waals surface area contributed by atoms with Crippen molar-refractivity contribution in [3.8, 4) is 0 Å². The van der Waals surface area contributed by atoms with Crippen LogP contribution >= 0.6 is 0 Å². The minimum absolute atomic E-state index is 0.171. The Morgan fingerprint density at radius 2 is 2.23 bits per heavy atom. The highest BCUT2D eigenvalue weighted by Crippen LogP contribution is 2.20. The van der Waals surface area contributed by atoms with E-state index in [-0.39, 0.29) is 18.0 Å². The van der Waals surface area contributed by atoms with Crippen molar-refractivity contribution >= 4 is 5.78 Å². The van der Waals surface area contributed by atoms with Gasteiger partial charge >= 0.3 is 0 Å². The van der Waals surface area contributed by atoms with Crippen molar-refractivity contribution in [3.63, 3.8) is 0 Å². The number of nitrogens with one attached hydrogen (secondary N) is 1. The Balaban J connectivity index is 2.41. The van der Waals surface area contributed by atoms with Crippen LogP contribution in [-0.2, 0) is 4.79 Å². The van der Waals surface area contributed by atoms with Crippen LogP contribution in [0, 0.1) is 0 Å². The molecule has 0 unspecified atom stereocenters. The van der Waals surface area contributed by atoms with E-state index in [0.717, 1.165) is 11.3 Å². The van der Waals surface area contributed by atoms with Crippen molar-refractivity contribution in [1.82, 2.24) is 5.32 Å². The van der Waals surface area contributed by atoms with E-state index in [1.807, 2.05) is 18.2 Å². The molecular weight excluding hydrogens is 166 g/mol. The van der Waals surface area contributed by atoms with Gasteiger partial charge in [0.15, 0.2) is 5.76 Å². The Kier molecular flexibility index (Phi) is 1.77. The highest BCUT2D eigenvalue weighted by atomic mass is 16.3. The number of Topliss-reactive ketones (excluding diaryl/α,β-unsaturated/α-hetero) is 1. The van der Waals surface area contributed by atoms with Crippen LogP contribution in [0.15, 0.2) is 47.5 Å². The maximum atomic E-state index is 11.1. The summed E-state index contributed by atoms with van der Waals surface area (Å²) in [6, 6.07) is 0. The van der Waals surface area contributed by atoms with E-state index in [9.17, 15) is 9.90 Å². The van der Waals surface area contributed by atoms with Gasteiger partial charge in [-0.25, -0.2) is 0 Å². The van der Waals surface area contributed by atoms with Gasteiger partial charge < -0.3 is 10.4 Å². The van der Waals surface area contributed by atoms with Crippen LogP contribution < -0.4 is 5.32 Å². The van der Waals surface area contributed by atoms with Crippen molar-refractivity contribution in [2.45, 2.75) is 6.42 Å². The molecule has 0 aromatic heterocycles. The molecule has 2 aliphatic rings. The maximum absolute atomic E-state index is 11.1. The Labute approximate surface area is 75.8 Å². The quantitative estimate of drug-likeness (QED) is 0.584. The van der Waals surface area contributed by atoms with E-state index in [1.165, 1.54) is 6.08 Å². The smallest absolute Gasteiger partial charge is 0.201 e. The molecule has 0 radical (unpaired) electrons. The first-order chi connectivity index (χ1) is 6.27. The van der Waals surface area contributed by atoms with Gasteiger partial charge in [-0.15, -0.1) is 0 Å². The van der Waals surface area contributed by atoms with Crippen molar-refractivity contribution < 1.29 is 9.90 Å². The summed E-state index contributed by atoms with van der Waals surface area (Å²) in [6.45, 7) is 0. The van der Waals surface area contributed by atoms with Gasteiger partial charge in [0, 0.05) is 24.4 Å². The number of ketones is 1. The van der Waals surface area contributed by atoms with E-state index >= 15 is 0 Å². The standard InChI is InChI=1S/C10H9NO2/c12-9-5-7-3-1-2-4-11-8(7)6-10(9)13/h1-4,6,11,13H,5H2. The van der Waals surface area contributed by atoms with Crippen LogP contribution in [0.5, 0.6) is 0 Å². The number of carbonyl (C=O) groups is 1. The van der Waals surface area contributed by atoms with E-state index < -0.39 is 0 Å². The van der Waals surface area contributed by atoms with Crippen LogP contribution in [0.25, 0.3) is 0 Å². The summed E-state index contributed by atoms with van der Waals surface area (Å²) in [5.41, 5.74) is 1.70. The Morgan fingerprint density at radius 1 is 1.38 bits per heavy atom. The molecule has 0 atom stereocenters. The summed E-state index contributed by atoms with van der Waals surface area (Å²) in [6.07, 6.45) is 9.06. The SMILES string of the molecule is O=C1CC2=C(C=C1O)NC=CC=C2. The molecule has 0 bridgehead atoms. The first-order valence-corrected chi connectivity index (χ1v) is 4.04. The normalized spacial score (nSPS) is 20.6. The first kappa shape index (κ1) is 7.86. The molecular formula is C10H9NO2. The molecule has 3 nitrogen and oxygen atoms in total. The third kappa shape index (κ3) is 1.40. The lowest BCUT2D eigenvalue weighted by Crippen LogP contribution is -2.15. The lowest BCUT2D eigenvalue weighted by atomic mass is 10.00. The van der Waals surface area contributed by atoms with Crippen LogP contribution in [-0.4, -0.2) is 10.9 Å². The maximum Gasteiger partial charge on any atom is 0.201 e. The zero-order valence-electron chi connectivity index (χ0n) is 6.95. The summed E-state index contributed by atoms with van der Waals surface area (Å²) in [5, 5.41) is 12.2. The van der Waals surface area contributed by atoms with Crippen molar-refractivity contribution in [2.24, 2.45) is 0 Å². The highest BCUT2D eigenvalue weighted by molar-refractivity contribution is 5.97. The average Bonchev–Trinajstić information content (AvgIpc) is 2.31. The number of rotatable bonds is 0. The minimum atomic E-state index is -0.230. The number of aliphatic hydroxyl groups is 1. The molecule has 1 heterocycles. The lowest BCUT2D eigenvalue weighted by molar-refractivity contribution is -0.117. The molecule has 0 aromatic rings. The first-order valence-electron chi connectivity index (χ1n) is 4.04. The molecule has 1 aliphatic heterocycles. The Morgan fingerprint density at radius 3 is 3.08 bits per heavy atom. The van der Waals surface area contributed by atoms with Gasteiger partial charge in [0.2, 0.25) is 5.78 Å².